The fourth-order valence-electron chi connectivity index (χ4n) is 2.42. The van der Waals surface area contributed by atoms with Crippen molar-refractivity contribution >= 4 is 41.1 Å². The van der Waals surface area contributed by atoms with E-state index in [1.807, 2.05) is 91.0 Å². The number of rotatable bonds is 7. The Kier molecular flexibility index (Phi) is 7.48. The standard InChI is InChI=1S/C24H19Cl2NO/c25-23-16-13-21(17-24(23)26)18-28-27-22(14-11-19-7-3-1-4-8-19)15-12-20-9-5-2-6-10-20/h1-17H,18H2/b14-11+,15-12+. The number of benzene rings is 3. The average molecular weight is 408 g/mol. The number of nitrogens with zero attached hydrogens (tertiary/aromatic N) is 1. The molecule has 0 fully saturated rings. The Morgan fingerprint density at radius 1 is 0.750 bits per heavy atom. The predicted molar refractivity (Wildman–Crippen MR) is 120 cm³/mol. The molecule has 0 atom stereocenters. The van der Waals surface area contributed by atoms with Gasteiger partial charge >= 0.3 is 0 Å². The van der Waals surface area contributed by atoms with Crippen LogP contribution in [0.25, 0.3) is 12.2 Å². The topological polar surface area (TPSA) is 21.6 Å². The molecule has 0 heterocycles. The molecule has 4 heteroatoms. The van der Waals surface area contributed by atoms with E-state index in [0.717, 1.165) is 16.7 Å². The van der Waals surface area contributed by atoms with Crippen LogP contribution in [0.2, 0.25) is 10.0 Å². The summed E-state index contributed by atoms with van der Waals surface area (Å²) in [5.41, 5.74) is 3.78. The van der Waals surface area contributed by atoms with E-state index in [2.05, 4.69) is 5.16 Å². The van der Waals surface area contributed by atoms with Crippen molar-refractivity contribution in [3.8, 4) is 0 Å². The first-order valence-electron chi connectivity index (χ1n) is 8.81. The first kappa shape index (κ1) is 19.9. The van der Waals surface area contributed by atoms with Gasteiger partial charge in [0, 0.05) is 0 Å². The van der Waals surface area contributed by atoms with Crippen molar-refractivity contribution in [1.29, 1.82) is 0 Å². The minimum absolute atomic E-state index is 0.304. The van der Waals surface area contributed by atoms with Crippen LogP contribution in [0.4, 0.5) is 0 Å². The maximum atomic E-state index is 6.04. The highest BCUT2D eigenvalue weighted by Gasteiger charge is 2.00. The minimum Gasteiger partial charge on any atom is -0.390 e. The molecule has 0 saturated heterocycles. The maximum Gasteiger partial charge on any atom is 0.142 e. The van der Waals surface area contributed by atoms with Gasteiger partial charge in [0.2, 0.25) is 0 Å². The second kappa shape index (κ2) is 10.5. The van der Waals surface area contributed by atoms with Gasteiger partial charge in [-0.15, -0.1) is 0 Å². The van der Waals surface area contributed by atoms with Gasteiger partial charge in [-0.05, 0) is 41.0 Å². The molecule has 28 heavy (non-hydrogen) atoms. The molecular weight excluding hydrogens is 389 g/mol. The highest BCUT2D eigenvalue weighted by molar-refractivity contribution is 6.42. The van der Waals surface area contributed by atoms with Crippen LogP contribution in [-0.2, 0) is 11.4 Å². The molecule has 0 aromatic heterocycles. The van der Waals surface area contributed by atoms with Gasteiger partial charge in [-0.25, -0.2) is 0 Å². The molecule has 0 bridgehead atoms. The molecule has 0 N–H and O–H groups in total. The Morgan fingerprint density at radius 3 is 1.86 bits per heavy atom. The third-order valence-corrected chi connectivity index (χ3v) is 4.62. The zero-order chi connectivity index (χ0) is 19.6. The van der Waals surface area contributed by atoms with E-state index in [0.29, 0.717) is 22.4 Å². The Hall–Kier alpha value is -2.81. The summed E-state index contributed by atoms with van der Waals surface area (Å²) in [6.07, 6.45) is 7.83. The third-order valence-electron chi connectivity index (χ3n) is 3.88. The van der Waals surface area contributed by atoms with E-state index >= 15 is 0 Å². The smallest absolute Gasteiger partial charge is 0.142 e. The second-order valence-electron chi connectivity index (χ2n) is 6.03. The summed E-state index contributed by atoms with van der Waals surface area (Å²) >= 11 is 12.0. The minimum atomic E-state index is 0.304. The van der Waals surface area contributed by atoms with Crippen LogP contribution in [0.5, 0.6) is 0 Å². The molecule has 0 amide bonds. The molecule has 0 aliphatic heterocycles. The van der Waals surface area contributed by atoms with Crippen LogP contribution in [0.1, 0.15) is 16.7 Å². The predicted octanol–water partition coefficient (Wildman–Crippen LogP) is 7.29. The first-order chi connectivity index (χ1) is 13.7. The Bertz CT molecular complexity index is 929. The molecule has 3 aromatic carbocycles. The maximum absolute atomic E-state index is 6.04. The van der Waals surface area contributed by atoms with E-state index in [1.165, 1.54) is 0 Å². The molecule has 0 unspecified atom stereocenters. The van der Waals surface area contributed by atoms with Gasteiger partial charge < -0.3 is 4.84 Å². The molecule has 0 spiro atoms. The monoisotopic (exact) mass is 407 g/mol. The Morgan fingerprint density at radius 2 is 1.32 bits per heavy atom. The van der Waals surface area contributed by atoms with Crippen LogP contribution in [0, 0.1) is 0 Å². The third kappa shape index (κ3) is 6.41. The van der Waals surface area contributed by atoms with Crippen molar-refractivity contribution in [1.82, 2.24) is 0 Å². The van der Waals surface area contributed by atoms with E-state index in [4.69, 9.17) is 28.0 Å². The van der Waals surface area contributed by atoms with E-state index in [9.17, 15) is 0 Å². The van der Waals surface area contributed by atoms with Gasteiger partial charge in [-0.3, -0.25) is 0 Å². The molecule has 0 radical (unpaired) electrons. The largest absolute Gasteiger partial charge is 0.390 e. The van der Waals surface area contributed by atoms with Crippen molar-refractivity contribution in [3.05, 3.63) is 118 Å². The number of allylic oxidation sites excluding steroid dienone is 2. The van der Waals surface area contributed by atoms with Crippen LogP contribution >= 0.6 is 23.2 Å². The normalized spacial score (nSPS) is 11.1. The lowest BCUT2D eigenvalue weighted by molar-refractivity contribution is 0.131. The fraction of sp³-hybridized carbons (Fsp3) is 0.0417. The second-order valence-corrected chi connectivity index (χ2v) is 6.84. The van der Waals surface area contributed by atoms with Gasteiger partial charge in [-0.2, -0.15) is 0 Å². The Balaban J connectivity index is 1.74. The molecular formula is C24H19Cl2NO. The number of halogens is 2. The average Bonchev–Trinajstić information content (AvgIpc) is 2.73. The van der Waals surface area contributed by atoms with Crippen molar-refractivity contribution in [2.45, 2.75) is 6.61 Å². The SMILES string of the molecule is Clc1ccc(CON=C(/C=C/c2ccccc2)/C=C/c2ccccc2)cc1Cl. The summed E-state index contributed by atoms with van der Waals surface area (Å²) in [7, 11) is 0. The van der Waals surface area contributed by atoms with Crippen molar-refractivity contribution < 1.29 is 4.84 Å². The molecule has 0 aliphatic carbocycles. The molecule has 3 rings (SSSR count). The van der Waals surface area contributed by atoms with E-state index < -0.39 is 0 Å². The Labute approximate surface area is 175 Å². The zero-order valence-corrected chi connectivity index (χ0v) is 16.6. The molecule has 2 nitrogen and oxygen atoms in total. The van der Waals surface area contributed by atoms with Gasteiger partial charge in [0.25, 0.3) is 0 Å². The molecule has 0 saturated carbocycles. The van der Waals surface area contributed by atoms with Crippen molar-refractivity contribution in [2.24, 2.45) is 5.16 Å². The van der Waals surface area contributed by atoms with Crippen molar-refractivity contribution in [2.75, 3.05) is 0 Å². The number of hydrogen-bond donors (Lipinski definition) is 0. The molecule has 0 aliphatic rings. The number of hydrogen-bond acceptors (Lipinski definition) is 2. The molecule has 3 aromatic rings. The van der Waals surface area contributed by atoms with Crippen molar-refractivity contribution in [3.63, 3.8) is 0 Å². The van der Waals surface area contributed by atoms with Crippen LogP contribution < -0.4 is 0 Å². The summed E-state index contributed by atoms with van der Waals surface area (Å²) in [6.45, 7) is 0.304. The van der Waals surface area contributed by atoms with E-state index in [-0.39, 0.29) is 0 Å². The summed E-state index contributed by atoms with van der Waals surface area (Å²) in [6, 6.07) is 25.5. The summed E-state index contributed by atoms with van der Waals surface area (Å²) < 4.78 is 0. The lowest BCUT2D eigenvalue weighted by atomic mass is 10.1. The van der Waals surface area contributed by atoms with Gasteiger partial charge in [-0.1, -0.05) is 107 Å². The zero-order valence-electron chi connectivity index (χ0n) is 15.1. The lowest BCUT2D eigenvalue weighted by Gasteiger charge is -2.03. The van der Waals surface area contributed by atoms with Gasteiger partial charge in [0.1, 0.15) is 12.3 Å². The highest BCUT2D eigenvalue weighted by atomic mass is 35.5. The van der Waals surface area contributed by atoms with Crippen LogP contribution in [0.15, 0.2) is 96.2 Å². The first-order valence-corrected chi connectivity index (χ1v) is 9.56. The summed E-state index contributed by atoms with van der Waals surface area (Å²) in [5, 5.41) is 5.29. The molecule has 140 valence electrons. The summed E-state index contributed by atoms with van der Waals surface area (Å²) in [4.78, 5) is 5.54. The number of oxime groups is 1. The lowest BCUT2D eigenvalue weighted by Crippen LogP contribution is -1.93. The van der Waals surface area contributed by atoms with Crippen LogP contribution in [-0.4, -0.2) is 5.71 Å². The highest BCUT2D eigenvalue weighted by Crippen LogP contribution is 2.22. The van der Waals surface area contributed by atoms with Gasteiger partial charge in [0.05, 0.1) is 10.0 Å². The van der Waals surface area contributed by atoms with E-state index in [1.54, 1.807) is 12.1 Å². The fourth-order valence-corrected chi connectivity index (χ4v) is 2.74. The van der Waals surface area contributed by atoms with Crippen LogP contribution in [0.3, 0.4) is 0 Å². The summed E-state index contributed by atoms with van der Waals surface area (Å²) in [5.74, 6) is 0. The van der Waals surface area contributed by atoms with Gasteiger partial charge in [0.15, 0.2) is 0 Å². The quantitative estimate of drug-likeness (QED) is 0.297.